The molecular weight excluding hydrogens is 273 g/mol. The van der Waals surface area contributed by atoms with E-state index >= 15 is 0 Å². The Morgan fingerprint density at radius 2 is 2.11 bits per heavy atom. The van der Waals surface area contributed by atoms with E-state index in [9.17, 15) is 18.0 Å². The van der Waals surface area contributed by atoms with Crippen LogP contribution in [0.4, 0.5) is 19.0 Å². The van der Waals surface area contributed by atoms with E-state index in [0.717, 1.165) is 6.07 Å². The van der Waals surface area contributed by atoms with Crippen LogP contribution in [-0.2, 0) is 11.0 Å². The van der Waals surface area contributed by atoms with E-state index in [1.54, 1.807) is 0 Å². The Balaban J connectivity index is 3.03. The molecule has 1 N–H and O–H groups in total. The minimum absolute atomic E-state index is 0.0778. The Labute approximate surface area is 106 Å². The third-order valence-corrected chi connectivity index (χ3v) is 2.18. The van der Waals surface area contributed by atoms with Gasteiger partial charge >= 0.3 is 6.18 Å². The van der Waals surface area contributed by atoms with Crippen molar-refractivity contribution in [3.63, 3.8) is 0 Å². The van der Waals surface area contributed by atoms with Crippen LogP contribution in [-0.4, -0.2) is 36.5 Å². The van der Waals surface area contributed by atoms with Gasteiger partial charge < -0.3 is 10.2 Å². The first kappa shape index (κ1) is 14.5. The van der Waals surface area contributed by atoms with Crippen LogP contribution in [0.3, 0.4) is 0 Å². The lowest BCUT2D eigenvalue weighted by molar-refractivity contribution is -0.144. The van der Waals surface area contributed by atoms with Crippen molar-refractivity contribution in [1.82, 2.24) is 15.3 Å². The second-order valence-electron chi connectivity index (χ2n) is 3.40. The largest absolute Gasteiger partial charge is 0.451 e. The van der Waals surface area contributed by atoms with Gasteiger partial charge in [-0.1, -0.05) is 11.6 Å². The van der Waals surface area contributed by atoms with Gasteiger partial charge in [0.15, 0.2) is 0 Å². The summed E-state index contributed by atoms with van der Waals surface area (Å²) in [4.78, 5) is 18.8. The van der Waals surface area contributed by atoms with Crippen molar-refractivity contribution in [3.05, 3.63) is 17.0 Å². The Kier molecular flexibility index (Phi) is 4.33. The van der Waals surface area contributed by atoms with Gasteiger partial charge in [0.05, 0.1) is 6.54 Å². The molecular formula is C9H10ClF3N4O. The number of nitrogens with one attached hydrogen (secondary N) is 1. The van der Waals surface area contributed by atoms with Gasteiger partial charge in [-0.15, -0.1) is 0 Å². The lowest BCUT2D eigenvalue weighted by atomic mass is 10.4. The Morgan fingerprint density at radius 3 is 2.61 bits per heavy atom. The van der Waals surface area contributed by atoms with Gasteiger partial charge in [-0.3, -0.25) is 4.79 Å². The van der Waals surface area contributed by atoms with Crippen LogP contribution in [0, 0.1) is 0 Å². The smallest absolute Gasteiger partial charge is 0.358 e. The maximum absolute atomic E-state index is 12.5. The van der Waals surface area contributed by atoms with Crippen molar-refractivity contribution in [2.45, 2.75) is 6.18 Å². The van der Waals surface area contributed by atoms with Gasteiger partial charge in [0.1, 0.15) is 11.0 Å². The van der Waals surface area contributed by atoms with Crippen molar-refractivity contribution in [1.29, 1.82) is 0 Å². The number of anilines is 1. The van der Waals surface area contributed by atoms with Gasteiger partial charge in [0.2, 0.25) is 11.7 Å². The summed E-state index contributed by atoms with van der Waals surface area (Å²) in [7, 11) is 2.85. The molecule has 0 atom stereocenters. The SMILES string of the molecule is CNC(=O)CN(C)c1cc(Cl)nc(C(F)(F)F)n1. The monoisotopic (exact) mass is 282 g/mol. The van der Waals surface area contributed by atoms with Crippen molar-refractivity contribution in [2.75, 3.05) is 25.5 Å². The summed E-state index contributed by atoms with van der Waals surface area (Å²) in [6.45, 7) is -0.138. The molecule has 100 valence electrons. The van der Waals surface area contributed by atoms with Gasteiger partial charge in [-0.05, 0) is 0 Å². The molecule has 0 saturated carbocycles. The van der Waals surface area contributed by atoms with Crippen LogP contribution in [0.15, 0.2) is 6.07 Å². The minimum Gasteiger partial charge on any atom is -0.358 e. The first-order valence-electron chi connectivity index (χ1n) is 4.77. The molecule has 0 aromatic carbocycles. The quantitative estimate of drug-likeness (QED) is 0.850. The number of rotatable bonds is 3. The standard InChI is InChI=1S/C9H10ClF3N4O/c1-14-7(18)4-17(2)6-3-5(10)15-8(16-6)9(11,12)13/h3H,4H2,1-2H3,(H,14,18). The highest BCUT2D eigenvalue weighted by Crippen LogP contribution is 2.28. The highest BCUT2D eigenvalue weighted by Gasteiger charge is 2.35. The summed E-state index contributed by atoms with van der Waals surface area (Å²) in [5.41, 5.74) is 0. The number of amides is 1. The third kappa shape index (κ3) is 3.73. The van der Waals surface area contributed by atoms with Crippen LogP contribution < -0.4 is 10.2 Å². The van der Waals surface area contributed by atoms with E-state index in [1.165, 1.54) is 19.0 Å². The lowest BCUT2D eigenvalue weighted by Crippen LogP contribution is -2.33. The Morgan fingerprint density at radius 1 is 1.50 bits per heavy atom. The molecule has 0 aliphatic heterocycles. The second-order valence-corrected chi connectivity index (χ2v) is 3.79. The summed E-state index contributed by atoms with van der Waals surface area (Å²) >= 11 is 5.49. The number of alkyl halides is 3. The molecule has 0 aliphatic carbocycles. The number of carbonyl (C=O) groups is 1. The van der Waals surface area contributed by atoms with Crippen LogP contribution in [0.2, 0.25) is 5.15 Å². The molecule has 0 radical (unpaired) electrons. The molecule has 1 rings (SSSR count). The Hall–Kier alpha value is -1.57. The van der Waals surface area contributed by atoms with E-state index in [-0.39, 0.29) is 23.4 Å². The first-order valence-corrected chi connectivity index (χ1v) is 5.15. The van der Waals surface area contributed by atoms with E-state index in [2.05, 4.69) is 15.3 Å². The van der Waals surface area contributed by atoms with Crippen molar-refractivity contribution < 1.29 is 18.0 Å². The van der Waals surface area contributed by atoms with Gasteiger partial charge in [-0.2, -0.15) is 13.2 Å². The molecule has 1 amide bonds. The second kappa shape index (κ2) is 5.38. The fourth-order valence-electron chi connectivity index (χ4n) is 1.10. The number of likely N-dealkylation sites (N-methyl/N-ethyl adjacent to an activating group) is 2. The molecule has 0 spiro atoms. The maximum atomic E-state index is 12.5. The number of carbonyl (C=O) groups excluding carboxylic acids is 1. The molecule has 0 unspecified atom stereocenters. The normalized spacial score (nSPS) is 11.2. The van der Waals surface area contributed by atoms with Gasteiger partial charge in [-0.25, -0.2) is 9.97 Å². The fourth-order valence-corrected chi connectivity index (χ4v) is 1.28. The third-order valence-electron chi connectivity index (χ3n) is 1.99. The zero-order chi connectivity index (χ0) is 13.9. The topological polar surface area (TPSA) is 58.1 Å². The zero-order valence-corrected chi connectivity index (χ0v) is 10.3. The molecule has 18 heavy (non-hydrogen) atoms. The molecule has 0 aliphatic rings. The van der Waals surface area contributed by atoms with E-state index in [4.69, 9.17) is 11.6 Å². The average Bonchev–Trinajstić information content (AvgIpc) is 2.26. The number of aromatic nitrogens is 2. The highest BCUT2D eigenvalue weighted by molar-refractivity contribution is 6.29. The average molecular weight is 283 g/mol. The Bertz CT molecular complexity index is 452. The number of halogens is 4. The molecule has 0 bridgehead atoms. The van der Waals surface area contributed by atoms with Gasteiger partial charge in [0, 0.05) is 20.2 Å². The van der Waals surface area contributed by atoms with Crippen LogP contribution in [0.5, 0.6) is 0 Å². The zero-order valence-electron chi connectivity index (χ0n) is 9.55. The molecule has 1 aromatic rings. The highest BCUT2D eigenvalue weighted by atomic mass is 35.5. The molecule has 0 saturated heterocycles. The van der Waals surface area contributed by atoms with E-state index in [1.807, 2.05) is 0 Å². The van der Waals surface area contributed by atoms with Crippen LogP contribution in [0.25, 0.3) is 0 Å². The predicted molar refractivity (Wildman–Crippen MR) is 59.4 cm³/mol. The number of hydrogen-bond donors (Lipinski definition) is 1. The summed E-state index contributed by atoms with van der Waals surface area (Å²) < 4.78 is 37.4. The summed E-state index contributed by atoms with van der Waals surface area (Å²) in [5, 5.41) is 2.01. The summed E-state index contributed by atoms with van der Waals surface area (Å²) in [6, 6.07) is 1.15. The minimum atomic E-state index is -4.69. The van der Waals surface area contributed by atoms with Crippen molar-refractivity contribution >= 4 is 23.3 Å². The lowest BCUT2D eigenvalue weighted by Gasteiger charge is -2.18. The molecule has 5 nitrogen and oxygen atoms in total. The van der Waals surface area contributed by atoms with Gasteiger partial charge in [0.25, 0.3) is 0 Å². The van der Waals surface area contributed by atoms with E-state index < -0.39 is 12.0 Å². The van der Waals surface area contributed by atoms with E-state index in [0.29, 0.717) is 0 Å². The maximum Gasteiger partial charge on any atom is 0.451 e. The molecule has 1 heterocycles. The van der Waals surface area contributed by atoms with Crippen molar-refractivity contribution in [3.8, 4) is 0 Å². The molecule has 9 heteroatoms. The number of hydrogen-bond acceptors (Lipinski definition) is 4. The van der Waals surface area contributed by atoms with Crippen molar-refractivity contribution in [2.24, 2.45) is 0 Å². The summed E-state index contributed by atoms with van der Waals surface area (Å²) in [5.74, 6) is -1.78. The number of nitrogens with zero attached hydrogens (tertiary/aromatic N) is 3. The predicted octanol–water partition coefficient (Wildman–Crippen LogP) is 1.33. The first-order chi connectivity index (χ1) is 8.24. The van der Waals surface area contributed by atoms with Crippen LogP contribution >= 0.6 is 11.6 Å². The fraction of sp³-hybridized carbons (Fsp3) is 0.444. The summed E-state index contributed by atoms with van der Waals surface area (Å²) in [6.07, 6.45) is -4.69. The molecule has 1 aromatic heterocycles. The van der Waals surface area contributed by atoms with Crippen LogP contribution in [0.1, 0.15) is 5.82 Å². The molecule has 0 fully saturated rings.